The lowest BCUT2D eigenvalue weighted by Gasteiger charge is -2.19. The first-order valence-electron chi connectivity index (χ1n) is 5.53. The van der Waals surface area contributed by atoms with Gasteiger partial charge in [0.1, 0.15) is 0 Å². The van der Waals surface area contributed by atoms with Gasteiger partial charge in [0.25, 0.3) is 0 Å². The summed E-state index contributed by atoms with van der Waals surface area (Å²) in [6, 6.07) is 4.43. The second kappa shape index (κ2) is 5.16. The Morgan fingerprint density at radius 1 is 1.38 bits per heavy atom. The van der Waals surface area contributed by atoms with Crippen molar-refractivity contribution in [1.29, 1.82) is 0 Å². The lowest BCUT2D eigenvalue weighted by atomic mass is 10.1. The quantitative estimate of drug-likeness (QED) is 0.736. The van der Waals surface area contributed by atoms with Crippen molar-refractivity contribution in [1.82, 2.24) is 0 Å². The van der Waals surface area contributed by atoms with Gasteiger partial charge in [0.15, 0.2) is 0 Å². The first kappa shape index (κ1) is 12.5. The molecule has 1 atom stereocenters. The largest absolute Gasteiger partial charge is 0.381 e. The molecule has 1 saturated carbocycles. The Balaban J connectivity index is 2.17. The zero-order valence-corrected chi connectivity index (χ0v) is 12.2. The van der Waals surface area contributed by atoms with Crippen molar-refractivity contribution in [2.45, 2.75) is 32.2 Å². The highest BCUT2D eigenvalue weighted by Gasteiger charge is 2.30. The van der Waals surface area contributed by atoms with Crippen LogP contribution in [0.2, 0.25) is 10.0 Å². The van der Waals surface area contributed by atoms with E-state index in [-0.39, 0.29) is 0 Å². The van der Waals surface area contributed by atoms with Gasteiger partial charge in [-0.1, -0.05) is 30.1 Å². The van der Waals surface area contributed by atoms with E-state index in [0.29, 0.717) is 16.1 Å². The molecule has 1 N–H and O–H groups in total. The minimum absolute atomic E-state index is 0.523. The average molecular weight is 323 g/mol. The van der Waals surface area contributed by atoms with E-state index < -0.39 is 0 Å². The van der Waals surface area contributed by atoms with E-state index in [0.717, 1.165) is 22.5 Å². The molecule has 0 saturated heterocycles. The number of benzene rings is 1. The molecule has 0 heterocycles. The van der Waals surface area contributed by atoms with Crippen LogP contribution in [0.15, 0.2) is 16.6 Å². The third-order valence-corrected chi connectivity index (χ3v) is 4.78. The second-order valence-electron chi connectivity index (χ2n) is 4.22. The van der Waals surface area contributed by atoms with Crippen LogP contribution in [-0.4, -0.2) is 6.04 Å². The van der Waals surface area contributed by atoms with Crippen LogP contribution in [0.5, 0.6) is 0 Å². The Hall–Kier alpha value is 0.0800. The highest BCUT2D eigenvalue weighted by molar-refractivity contribution is 9.10. The molecular weight excluding hydrogens is 309 g/mol. The summed E-state index contributed by atoms with van der Waals surface area (Å²) in [5, 5.41) is 4.68. The van der Waals surface area contributed by atoms with E-state index in [1.807, 2.05) is 12.1 Å². The topological polar surface area (TPSA) is 12.0 Å². The van der Waals surface area contributed by atoms with Crippen LogP contribution in [-0.2, 0) is 0 Å². The van der Waals surface area contributed by atoms with Gasteiger partial charge in [-0.05, 0) is 53.2 Å². The molecule has 0 amide bonds. The van der Waals surface area contributed by atoms with Crippen LogP contribution in [0.3, 0.4) is 0 Å². The van der Waals surface area contributed by atoms with E-state index in [4.69, 9.17) is 23.2 Å². The summed E-state index contributed by atoms with van der Waals surface area (Å²) in [5.41, 5.74) is 0.939. The molecule has 88 valence electrons. The Labute approximate surface area is 115 Å². The molecule has 0 aromatic heterocycles. The lowest BCUT2D eigenvalue weighted by Crippen LogP contribution is -2.20. The maximum atomic E-state index is 6.20. The minimum atomic E-state index is 0.523. The summed E-state index contributed by atoms with van der Waals surface area (Å²) < 4.78 is 0.837. The summed E-state index contributed by atoms with van der Waals surface area (Å²) >= 11 is 15.6. The molecule has 1 aliphatic rings. The number of nitrogens with one attached hydrogen (secondary N) is 1. The minimum Gasteiger partial charge on any atom is -0.381 e. The maximum Gasteiger partial charge on any atom is 0.0835 e. The monoisotopic (exact) mass is 321 g/mol. The fourth-order valence-corrected chi connectivity index (χ4v) is 2.72. The number of hydrogen-bond acceptors (Lipinski definition) is 1. The lowest BCUT2D eigenvalue weighted by molar-refractivity contribution is 0.616. The van der Waals surface area contributed by atoms with Crippen molar-refractivity contribution in [3.05, 3.63) is 26.7 Å². The average Bonchev–Trinajstić information content (AvgIpc) is 3.09. The molecule has 2 rings (SSSR count). The third-order valence-electron chi connectivity index (χ3n) is 3.01. The highest BCUT2D eigenvalue weighted by Crippen LogP contribution is 2.39. The predicted molar refractivity (Wildman–Crippen MR) is 74.6 cm³/mol. The molecule has 4 heteroatoms. The van der Waals surface area contributed by atoms with Crippen molar-refractivity contribution in [2.75, 3.05) is 5.32 Å². The van der Waals surface area contributed by atoms with Crippen molar-refractivity contribution in [2.24, 2.45) is 5.92 Å². The molecular formula is C12H14BrCl2N. The number of hydrogen-bond donors (Lipinski definition) is 1. The summed E-state index contributed by atoms with van der Waals surface area (Å²) in [7, 11) is 0. The molecule has 1 unspecified atom stereocenters. The summed E-state index contributed by atoms with van der Waals surface area (Å²) in [6.07, 6.45) is 3.77. The Morgan fingerprint density at radius 3 is 2.62 bits per heavy atom. The third kappa shape index (κ3) is 2.66. The zero-order chi connectivity index (χ0) is 11.7. The fraction of sp³-hybridized carbons (Fsp3) is 0.500. The first-order chi connectivity index (χ1) is 7.63. The van der Waals surface area contributed by atoms with Gasteiger partial charge in [-0.3, -0.25) is 0 Å². The van der Waals surface area contributed by atoms with Gasteiger partial charge >= 0.3 is 0 Å². The highest BCUT2D eigenvalue weighted by atomic mass is 79.9. The van der Waals surface area contributed by atoms with Crippen LogP contribution < -0.4 is 5.32 Å². The molecule has 0 aliphatic heterocycles. The second-order valence-corrected chi connectivity index (χ2v) is 5.83. The number of anilines is 1. The van der Waals surface area contributed by atoms with Gasteiger partial charge in [-0.25, -0.2) is 0 Å². The standard InChI is InChI=1S/C12H14BrCl2N/c1-2-9(7-3-4-7)16-10-6-5-8(13)11(14)12(10)15/h5-7,9,16H,2-4H2,1H3. The smallest absolute Gasteiger partial charge is 0.0835 e. The fourth-order valence-electron chi connectivity index (χ4n) is 1.89. The number of halogens is 3. The summed E-state index contributed by atoms with van der Waals surface area (Å²) in [4.78, 5) is 0. The van der Waals surface area contributed by atoms with Gasteiger partial charge in [0.2, 0.25) is 0 Å². The van der Waals surface area contributed by atoms with Crippen molar-refractivity contribution >= 4 is 44.8 Å². The van der Waals surface area contributed by atoms with Crippen LogP contribution in [0, 0.1) is 5.92 Å². The molecule has 1 aromatic carbocycles. The van der Waals surface area contributed by atoms with Crippen LogP contribution in [0.4, 0.5) is 5.69 Å². The van der Waals surface area contributed by atoms with Crippen molar-refractivity contribution in [3.8, 4) is 0 Å². The molecule has 0 spiro atoms. The van der Waals surface area contributed by atoms with Crippen molar-refractivity contribution < 1.29 is 0 Å². The molecule has 1 nitrogen and oxygen atoms in total. The van der Waals surface area contributed by atoms with Gasteiger partial charge in [0, 0.05) is 10.5 Å². The molecule has 1 aliphatic carbocycles. The molecule has 16 heavy (non-hydrogen) atoms. The number of rotatable bonds is 4. The summed E-state index contributed by atoms with van der Waals surface area (Å²) in [5.74, 6) is 0.809. The van der Waals surface area contributed by atoms with Crippen molar-refractivity contribution in [3.63, 3.8) is 0 Å². The molecule has 1 fully saturated rings. The zero-order valence-electron chi connectivity index (χ0n) is 9.06. The first-order valence-corrected chi connectivity index (χ1v) is 7.08. The van der Waals surface area contributed by atoms with E-state index in [9.17, 15) is 0 Å². The Bertz CT molecular complexity index is 391. The molecule has 1 aromatic rings. The Morgan fingerprint density at radius 2 is 2.06 bits per heavy atom. The van der Waals surface area contributed by atoms with E-state index in [1.165, 1.54) is 12.8 Å². The van der Waals surface area contributed by atoms with Gasteiger partial charge in [-0.2, -0.15) is 0 Å². The normalized spacial score (nSPS) is 17.2. The van der Waals surface area contributed by atoms with Gasteiger partial charge < -0.3 is 5.32 Å². The van der Waals surface area contributed by atoms with E-state index in [1.54, 1.807) is 0 Å². The molecule has 0 bridgehead atoms. The predicted octanol–water partition coefficient (Wildman–Crippen LogP) is 5.36. The Kier molecular flexibility index (Phi) is 4.04. The maximum absolute atomic E-state index is 6.20. The van der Waals surface area contributed by atoms with Crippen LogP contribution in [0.1, 0.15) is 26.2 Å². The van der Waals surface area contributed by atoms with E-state index in [2.05, 4.69) is 28.2 Å². The van der Waals surface area contributed by atoms with Gasteiger partial charge in [-0.15, -0.1) is 0 Å². The summed E-state index contributed by atoms with van der Waals surface area (Å²) in [6.45, 7) is 2.20. The van der Waals surface area contributed by atoms with E-state index >= 15 is 0 Å². The van der Waals surface area contributed by atoms with Crippen LogP contribution in [0.25, 0.3) is 0 Å². The molecule has 0 radical (unpaired) electrons. The SMILES string of the molecule is CCC(Nc1ccc(Br)c(Cl)c1Cl)C1CC1. The van der Waals surface area contributed by atoms with Gasteiger partial charge in [0.05, 0.1) is 15.7 Å². The van der Waals surface area contributed by atoms with Crippen LogP contribution >= 0.6 is 39.1 Å².